The molecule has 1 aliphatic carbocycles. The summed E-state index contributed by atoms with van der Waals surface area (Å²) in [6, 6.07) is 0.614. The van der Waals surface area contributed by atoms with Crippen molar-refractivity contribution < 1.29 is 0 Å². The number of nitrogens with zero attached hydrogens (tertiary/aromatic N) is 4. The minimum Gasteiger partial charge on any atom is -0.312 e. The van der Waals surface area contributed by atoms with Crippen LogP contribution in [0.25, 0.3) is 5.65 Å². The Hall–Kier alpha value is -1.69. The van der Waals surface area contributed by atoms with Crippen LogP contribution in [-0.4, -0.2) is 31.8 Å². The van der Waals surface area contributed by atoms with Crippen LogP contribution in [0.5, 0.6) is 0 Å². The van der Waals surface area contributed by atoms with Crippen LogP contribution in [0, 0.1) is 0 Å². The van der Waals surface area contributed by atoms with Crippen LogP contribution in [0.15, 0.2) is 23.4 Å². The summed E-state index contributed by atoms with van der Waals surface area (Å²) in [7, 11) is 0. The van der Waals surface area contributed by atoms with Gasteiger partial charge in [0.1, 0.15) is 0 Å². The highest BCUT2D eigenvalue weighted by Gasteiger charge is 2.12. The summed E-state index contributed by atoms with van der Waals surface area (Å²) in [6.07, 6.45) is 11.4. The fraction of sp³-hybridized carbons (Fsp3) is 0.615. The molecular formula is C13H19N5O. The molecule has 2 aromatic heterocycles. The van der Waals surface area contributed by atoms with E-state index in [1.165, 1.54) is 41.2 Å². The van der Waals surface area contributed by atoms with E-state index in [1.807, 2.05) is 0 Å². The van der Waals surface area contributed by atoms with Crippen LogP contribution >= 0.6 is 0 Å². The van der Waals surface area contributed by atoms with Crippen molar-refractivity contribution in [2.45, 2.75) is 44.7 Å². The molecule has 0 aliphatic heterocycles. The molecule has 0 radical (unpaired) electrons. The monoisotopic (exact) mass is 261 g/mol. The van der Waals surface area contributed by atoms with Gasteiger partial charge in [0.15, 0.2) is 5.65 Å². The second kappa shape index (κ2) is 5.52. The van der Waals surface area contributed by atoms with E-state index in [0.29, 0.717) is 18.2 Å². The fourth-order valence-electron chi connectivity index (χ4n) is 2.71. The summed E-state index contributed by atoms with van der Waals surface area (Å²) >= 11 is 0. The van der Waals surface area contributed by atoms with E-state index in [-0.39, 0.29) is 5.69 Å². The molecular weight excluding hydrogens is 242 g/mol. The van der Waals surface area contributed by atoms with Crippen molar-refractivity contribution >= 4 is 5.65 Å². The lowest BCUT2D eigenvalue weighted by atomic mass is 9.95. The second-order valence-corrected chi connectivity index (χ2v) is 5.10. The van der Waals surface area contributed by atoms with Gasteiger partial charge in [-0.25, -0.2) is 13.9 Å². The Balaban J connectivity index is 1.62. The van der Waals surface area contributed by atoms with E-state index in [0.717, 1.165) is 6.54 Å². The van der Waals surface area contributed by atoms with Gasteiger partial charge in [-0.15, -0.1) is 5.10 Å². The molecule has 0 bridgehead atoms. The van der Waals surface area contributed by atoms with Crippen molar-refractivity contribution in [3.8, 4) is 0 Å². The molecule has 1 saturated carbocycles. The van der Waals surface area contributed by atoms with Crippen LogP contribution < -0.4 is 11.0 Å². The topological polar surface area (TPSA) is 64.2 Å². The van der Waals surface area contributed by atoms with E-state index in [4.69, 9.17) is 0 Å². The molecule has 6 nitrogen and oxygen atoms in total. The summed E-state index contributed by atoms with van der Waals surface area (Å²) in [5, 5.41) is 7.78. The highest BCUT2D eigenvalue weighted by Crippen LogP contribution is 2.16. The minimum absolute atomic E-state index is 0.0946. The zero-order chi connectivity index (χ0) is 13.1. The van der Waals surface area contributed by atoms with Crippen molar-refractivity contribution in [2.24, 2.45) is 0 Å². The van der Waals surface area contributed by atoms with Crippen molar-refractivity contribution in [3.05, 3.63) is 29.1 Å². The predicted octanol–water partition coefficient (Wildman–Crippen LogP) is 0.813. The number of nitrogens with one attached hydrogen (secondary N) is 1. The third-order valence-electron chi connectivity index (χ3n) is 3.75. The first kappa shape index (κ1) is 12.3. The molecule has 0 saturated heterocycles. The second-order valence-electron chi connectivity index (χ2n) is 5.10. The molecule has 0 aromatic carbocycles. The van der Waals surface area contributed by atoms with Gasteiger partial charge < -0.3 is 5.32 Å². The SMILES string of the molecule is O=c1n(CCNC2CCCCC2)nc2cnccn12. The summed E-state index contributed by atoms with van der Waals surface area (Å²) in [5.74, 6) is 0. The zero-order valence-corrected chi connectivity index (χ0v) is 11.0. The van der Waals surface area contributed by atoms with Gasteiger partial charge in [0, 0.05) is 25.0 Å². The summed E-state index contributed by atoms with van der Waals surface area (Å²) in [5.41, 5.74) is 0.507. The van der Waals surface area contributed by atoms with Crippen LogP contribution in [0.2, 0.25) is 0 Å². The summed E-state index contributed by atoms with van der Waals surface area (Å²) in [6.45, 7) is 1.40. The molecule has 1 fully saturated rings. The van der Waals surface area contributed by atoms with Crippen molar-refractivity contribution in [1.82, 2.24) is 24.5 Å². The van der Waals surface area contributed by atoms with E-state index >= 15 is 0 Å². The molecule has 0 spiro atoms. The lowest BCUT2D eigenvalue weighted by molar-refractivity contribution is 0.364. The fourth-order valence-corrected chi connectivity index (χ4v) is 2.71. The smallest absolute Gasteiger partial charge is 0.312 e. The molecule has 1 N–H and O–H groups in total. The van der Waals surface area contributed by atoms with Crippen LogP contribution in [0.1, 0.15) is 32.1 Å². The van der Waals surface area contributed by atoms with Gasteiger partial charge in [0.25, 0.3) is 0 Å². The van der Waals surface area contributed by atoms with Gasteiger partial charge in [0.2, 0.25) is 0 Å². The van der Waals surface area contributed by atoms with E-state index < -0.39 is 0 Å². The van der Waals surface area contributed by atoms with Crippen molar-refractivity contribution in [2.75, 3.05) is 6.54 Å². The largest absolute Gasteiger partial charge is 0.350 e. The first-order valence-corrected chi connectivity index (χ1v) is 6.97. The average Bonchev–Trinajstić information content (AvgIpc) is 2.78. The number of hydrogen-bond donors (Lipinski definition) is 1. The highest BCUT2D eigenvalue weighted by atomic mass is 16.2. The zero-order valence-electron chi connectivity index (χ0n) is 11.0. The molecule has 102 valence electrons. The Morgan fingerprint density at radius 3 is 2.95 bits per heavy atom. The van der Waals surface area contributed by atoms with Gasteiger partial charge in [0.05, 0.1) is 12.7 Å². The van der Waals surface area contributed by atoms with Gasteiger partial charge in [-0.2, -0.15) is 0 Å². The first-order chi connectivity index (χ1) is 9.34. The Bertz CT molecular complexity index is 596. The maximum absolute atomic E-state index is 12.0. The van der Waals surface area contributed by atoms with Crippen LogP contribution in [0.4, 0.5) is 0 Å². The third kappa shape index (κ3) is 2.68. The number of rotatable bonds is 4. The number of hydrogen-bond acceptors (Lipinski definition) is 4. The third-order valence-corrected chi connectivity index (χ3v) is 3.75. The molecule has 0 amide bonds. The Morgan fingerprint density at radius 1 is 1.32 bits per heavy atom. The van der Waals surface area contributed by atoms with Crippen LogP contribution in [-0.2, 0) is 6.54 Å². The van der Waals surface area contributed by atoms with E-state index in [2.05, 4.69) is 15.4 Å². The standard InChI is InChI=1S/C13H19N5O/c19-13-17-8-6-14-10-12(17)16-18(13)9-7-15-11-4-2-1-3-5-11/h6,8,10-11,15H,1-5,7,9H2. The van der Waals surface area contributed by atoms with Gasteiger partial charge in [-0.05, 0) is 12.8 Å². The van der Waals surface area contributed by atoms with E-state index in [9.17, 15) is 4.79 Å². The van der Waals surface area contributed by atoms with Crippen LogP contribution in [0.3, 0.4) is 0 Å². The lowest BCUT2D eigenvalue weighted by Gasteiger charge is -2.22. The van der Waals surface area contributed by atoms with Gasteiger partial charge in [-0.3, -0.25) is 4.98 Å². The first-order valence-electron chi connectivity index (χ1n) is 6.97. The number of aromatic nitrogens is 4. The molecule has 19 heavy (non-hydrogen) atoms. The summed E-state index contributed by atoms with van der Waals surface area (Å²) < 4.78 is 3.03. The molecule has 6 heteroatoms. The average molecular weight is 261 g/mol. The Labute approximate surface area is 111 Å². The molecule has 3 rings (SSSR count). The van der Waals surface area contributed by atoms with Gasteiger partial charge >= 0.3 is 5.69 Å². The van der Waals surface area contributed by atoms with Crippen molar-refractivity contribution in [3.63, 3.8) is 0 Å². The maximum Gasteiger partial charge on any atom is 0.350 e. The highest BCUT2D eigenvalue weighted by molar-refractivity contribution is 5.31. The van der Waals surface area contributed by atoms with E-state index in [1.54, 1.807) is 18.6 Å². The predicted molar refractivity (Wildman–Crippen MR) is 72.1 cm³/mol. The molecule has 0 unspecified atom stereocenters. The normalized spacial score (nSPS) is 17.1. The van der Waals surface area contributed by atoms with Crippen molar-refractivity contribution in [1.29, 1.82) is 0 Å². The molecule has 0 atom stereocenters. The molecule has 2 heterocycles. The Kier molecular flexibility index (Phi) is 3.59. The number of fused-ring (bicyclic) bond motifs is 1. The molecule has 1 aliphatic rings. The molecule has 2 aromatic rings. The van der Waals surface area contributed by atoms with Gasteiger partial charge in [-0.1, -0.05) is 19.3 Å². The quantitative estimate of drug-likeness (QED) is 0.884. The lowest BCUT2D eigenvalue weighted by Crippen LogP contribution is -2.35. The summed E-state index contributed by atoms with van der Waals surface area (Å²) in [4.78, 5) is 16.0. The minimum atomic E-state index is -0.0946. The maximum atomic E-state index is 12.0. The Morgan fingerprint density at radius 2 is 2.16 bits per heavy atom.